The first-order valence-corrected chi connectivity index (χ1v) is 1.46. The molecule has 0 rings (SSSR count). The number of hydrogen-bond donors (Lipinski definition) is 0. The van der Waals surface area contributed by atoms with Gasteiger partial charge in [-0.3, -0.25) is 4.79 Å². The highest BCUT2D eigenvalue weighted by Crippen LogP contribution is 2.09. The van der Waals surface area contributed by atoms with Gasteiger partial charge in [0.2, 0.25) is 0 Å². The maximum absolute atomic E-state index is 11.3. The molecule has 0 aromatic carbocycles. The molecular formula is C2F2N3O. The van der Waals surface area contributed by atoms with Gasteiger partial charge in [-0.05, 0) is 10.6 Å². The van der Waals surface area contributed by atoms with E-state index in [1.807, 2.05) is 0 Å². The Balaban J connectivity index is 4.11. The summed E-state index contributed by atoms with van der Waals surface area (Å²) in [6.45, 7) is 0. The average Bonchev–Trinajstić information content (AvgIpc) is 1.67. The van der Waals surface area contributed by atoms with Crippen molar-refractivity contribution in [1.82, 2.24) is 0 Å². The first-order chi connectivity index (χ1) is 3.62. The van der Waals surface area contributed by atoms with E-state index in [0.29, 0.717) is 0 Å². The third-order valence-corrected chi connectivity index (χ3v) is 0.293. The Morgan fingerprint density at radius 1 is 1.75 bits per heavy atom. The summed E-state index contributed by atoms with van der Waals surface area (Å²) in [5.74, 6) is 0. The molecule has 0 aromatic rings. The van der Waals surface area contributed by atoms with Crippen LogP contribution in [-0.4, -0.2) is 12.3 Å². The zero-order chi connectivity index (χ0) is 6.62. The van der Waals surface area contributed by atoms with Crippen molar-refractivity contribution in [3.8, 4) is 0 Å². The van der Waals surface area contributed by atoms with E-state index < -0.39 is 6.05 Å². The molecule has 0 fully saturated rings. The maximum atomic E-state index is 11.3. The fraction of sp³-hybridized carbons (Fsp3) is 0.500. The Bertz CT molecular complexity index is 138. The van der Waals surface area contributed by atoms with Crippen molar-refractivity contribution in [2.75, 3.05) is 0 Å². The Labute approximate surface area is 42.7 Å². The standard InChI is InChI=1S/C2F2N3O/c3-2(4,1-8)6-7-5. The van der Waals surface area contributed by atoms with Crippen LogP contribution in [-0.2, 0) is 4.79 Å². The van der Waals surface area contributed by atoms with E-state index in [2.05, 4.69) is 0 Å². The van der Waals surface area contributed by atoms with Crippen LogP contribution in [0.4, 0.5) is 8.78 Å². The molecule has 1 radical (unpaired) electrons. The second kappa shape index (κ2) is 2.23. The number of carbonyl (C=O) groups excluding carboxylic acids is 1. The first-order valence-electron chi connectivity index (χ1n) is 1.46. The van der Waals surface area contributed by atoms with Crippen molar-refractivity contribution < 1.29 is 13.6 Å². The number of halogens is 2. The van der Waals surface area contributed by atoms with Crippen LogP contribution in [0.25, 0.3) is 10.4 Å². The van der Waals surface area contributed by atoms with Crippen molar-refractivity contribution >= 4 is 6.29 Å². The minimum atomic E-state index is -4.01. The third kappa shape index (κ3) is 2.09. The van der Waals surface area contributed by atoms with Crippen molar-refractivity contribution in [3.05, 3.63) is 10.4 Å². The molecule has 0 saturated heterocycles. The van der Waals surface area contributed by atoms with Gasteiger partial charge in [-0.25, -0.2) is 0 Å². The topological polar surface area (TPSA) is 65.8 Å². The monoisotopic (exact) mass is 120 g/mol. The predicted molar refractivity (Wildman–Crippen MR) is 19.8 cm³/mol. The molecule has 0 aliphatic carbocycles. The minimum Gasteiger partial charge on any atom is -0.284 e. The van der Waals surface area contributed by atoms with Gasteiger partial charge in [-0.1, -0.05) is 0 Å². The van der Waals surface area contributed by atoms with Crippen LogP contribution < -0.4 is 0 Å². The molecule has 0 heterocycles. The molecule has 0 spiro atoms. The van der Waals surface area contributed by atoms with Crippen LogP contribution in [0.15, 0.2) is 5.11 Å². The van der Waals surface area contributed by atoms with Crippen LogP contribution >= 0.6 is 0 Å². The summed E-state index contributed by atoms with van der Waals surface area (Å²) in [5, 5.41) is 1.80. The smallest absolute Gasteiger partial charge is 0.284 e. The lowest BCUT2D eigenvalue weighted by Gasteiger charge is -1.92. The average molecular weight is 120 g/mol. The summed E-state index contributed by atoms with van der Waals surface area (Å²) in [4.78, 5) is 10.8. The van der Waals surface area contributed by atoms with Crippen LogP contribution in [0.2, 0.25) is 0 Å². The van der Waals surface area contributed by atoms with E-state index in [1.165, 1.54) is 0 Å². The number of alkyl halides is 2. The normalized spacial score (nSPS) is 9.75. The van der Waals surface area contributed by atoms with Gasteiger partial charge in [0.1, 0.15) is 0 Å². The molecule has 0 amide bonds. The molecule has 0 bridgehead atoms. The van der Waals surface area contributed by atoms with Gasteiger partial charge >= 0.3 is 6.05 Å². The highest BCUT2D eigenvalue weighted by atomic mass is 19.3. The lowest BCUT2D eigenvalue weighted by Crippen LogP contribution is -2.11. The Hall–Kier alpha value is -1.16. The maximum Gasteiger partial charge on any atom is 0.390 e. The molecule has 0 atom stereocenters. The van der Waals surface area contributed by atoms with Crippen molar-refractivity contribution in [2.24, 2.45) is 5.11 Å². The van der Waals surface area contributed by atoms with E-state index in [-0.39, 0.29) is 6.29 Å². The van der Waals surface area contributed by atoms with Gasteiger partial charge in [0, 0.05) is 4.91 Å². The number of hydrogen-bond acceptors (Lipinski definition) is 2. The fourth-order valence-corrected chi connectivity index (χ4v) is 0.0766. The highest BCUT2D eigenvalue weighted by molar-refractivity contribution is 5.59. The van der Waals surface area contributed by atoms with Crippen LogP contribution in [0, 0.1) is 0 Å². The Morgan fingerprint density at radius 3 is 2.38 bits per heavy atom. The highest BCUT2D eigenvalue weighted by Gasteiger charge is 2.26. The van der Waals surface area contributed by atoms with Crippen molar-refractivity contribution in [2.45, 2.75) is 6.05 Å². The number of rotatable bonds is 2. The summed E-state index contributed by atoms with van der Waals surface area (Å²) in [7, 11) is 0. The van der Waals surface area contributed by atoms with Gasteiger partial charge in [0.25, 0.3) is 6.29 Å². The molecule has 0 N–H and O–H groups in total. The van der Waals surface area contributed by atoms with E-state index in [1.54, 1.807) is 10.0 Å². The lowest BCUT2D eigenvalue weighted by molar-refractivity contribution is 0.0826. The number of nitrogens with zero attached hydrogens (tertiary/aromatic N) is 3. The second-order valence-corrected chi connectivity index (χ2v) is 0.833. The molecule has 8 heavy (non-hydrogen) atoms. The lowest BCUT2D eigenvalue weighted by atomic mass is 10.7. The fourth-order valence-electron chi connectivity index (χ4n) is 0.0766. The minimum absolute atomic E-state index is 0.238. The van der Waals surface area contributed by atoms with Gasteiger partial charge in [0.05, 0.1) is 0 Å². The summed E-state index contributed by atoms with van der Waals surface area (Å²) in [6.07, 6.45) is 0.238. The summed E-state index contributed by atoms with van der Waals surface area (Å²) in [6, 6.07) is -4.01. The molecule has 6 heteroatoms. The first kappa shape index (κ1) is 6.84. The summed E-state index contributed by atoms with van der Waals surface area (Å²) >= 11 is 0. The van der Waals surface area contributed by atoms with Gasteiger partial charge in [-0.15, -0.1) is 0 Å². The van der Waals surface area contributed by atoms with E-state index in [0.717, 1.165) is 0 Å². The summed E-state index contributed by atoms with van der Waals surface area (Å²) in [5.41, 5.74) is 7.33. The zero-order valence-electron chi connectivity index (χ0n) is 3.51. The van der Waals surface area contributed by atoms with Gasteiger partial charge in [0.15, 0.2) is 0 Å². The molecule has 0 unspecified atom stereocenters. The largest absolute Gasteiger partial charge is 0.390 e. The SMILES string of the molecule is [N-]=[N+]=NC(F)(F)[C]=O. The van der Waals surface area contributed by atoms with Crippen LogP contribution in [0.5, 0.6) is 0 Å². The molecule has 0 aliphatic rings. The molecule has 0 aromatic heterocycles. The quantitative estimate of drug-likeness (QED) is 0.232. The second-order valence-electron chi connectivity index (χ2n) is 0.833. The van der Waals surface area contributed by atoms with Gasteiger partial charge < -0.3 is 0 Å². The van der Waals surface area contributed by atoms with Crippen molar-refractivity contribution in [1.29, 1.82) is 0 Å². The van der Waals surface area contributed by atoms with E-state index >= 15 is 0 Å². The van der Waals surface area contributed by atoms with Crippen molar-refractivity contribution in [3.63, 3.8) is 0 Å². The Kier molecular flexibility index (Phi) is 1.90. The predicted octanol–water partition coefficient (Wildman–Crippen LogP) is 0.999. The molecule has 4 nitrogen and oxygen atoms in total. The van der Waals surface area contributed by atoms with Crippen LogP contribution in [0.3, 0.4) is 0 Å². The molecule has 0 saturated carbocycles. The molecule has 0 aliphatic heterocycles. The summed E-state index contributed by atoms with van der Waals surface area (Å²) < 4.78 is 22.6. The Morgan fingerprint density at radius 2 is 2.25 bits per heavy atom. The van der Waals surface area contributed by atoms with E-state index in [4.69, 9.17) is 10.3 Å². The molecule has 43 valence electrons. The van der Waals surface area contributed by atoms with Gasteiger partial charge in [-0.2, -0.15) is 8.78 Å². The molecular weight excluding hydrogens is 120 g/mol. The van der Waals surface area contributed by atoms with E-state index in [9.17, 15) is 8.78 Å². The van der Waals surface area contributed by atoms with Crippen LogP contribution in [0.1, 0.15) is 0 Å². The number of azide groups is 1. The third-order valence-electron chi connectivity index (χ3n) is 0.293. The zero-order valence-corrected chi connectivity index (χ0v) is 3.51.